The molecular formula is C11H10O2. The highest BCUT2D eigenvalue weighted by atomic mass is 16.2. The van der Waals surface area contributed by atoms with E-state index in [-0.39, 0.29) is 0 Å². The average Bonchev–Trinajstić information content (AvgIpc) is 2.17. The number of aliphatic hydroxyl groups excluding tert-OH is 1. The monoisotopic (exact) mass is 174 g/mol. The lowest BCUT2D eigenvalue weighted by atomic mass is 10.1. The second-order valence-corrected chi connectivity index (χ2v) is 2.48. The van der Waals surface area contributed by atoms with Gasteiger partial charge in [-0.05, 0) is 23.3 Å². The van der Waals surface area contributed by atoms with Crippen molar-refractivity contribution in [1.82, 2.24) is 0 Å². The van der Waals surface area contributed by atoms with Crippen LogP contribution in [0.3, 0.4) is 0 Å². The van der Waals surface area contributed by atoms with Crippen molar-refractivity contribution in [2.75, 3.05) is 0 Å². The van der Waals surface area contributed by atoms with Gasteiger partial charge in [0, 0.05) is 0 Å². The van der Waals surface area contributed by atoms with E-state index in [0.29, 0.717) is 0 Å². The summed E-state index contributed by atoms with van der Waals surface area (Å²) in [6.07, 6.45) is 6.49. The van der Waals surface area contributed by atoms with Gasteiger partial charge in [0.05, 0.1) is 6.26 Å². The zero-order chi connectivity index (χ0) is 9.52. The molecule has 0 atom stereocenters. The third kappa shape index (κ3) is 2.95. The maximum absolute atomic E-state index is 10.0. The molecule has 0 aromatic heterocycles. The number of hydrogen-bond donors (Lipinski definition) is 1. The van der Waals surface area contributed by atoms with E-state index in [2.05, 4.69) is 0 Å². The van der Waals surface area contributed by atoms with Gasteiger partial charge in [0.2, 0.25) is 0 Å². The largest absolute Gasteiger partial charge is 0.516 e. The van der Waals surface area contributed by atoms with Crippen LogP contribution >= 0.6 is 0 Å². The van der Waals surface area contributed by atoms with E-state index < -0.39 is 0 Å². The summed E-state index contributed by atoms with van der Waals surface area (Å²) in [6, 6.07) is 7.46. The molecule has 0 saturated carbocycles. The summed E-state index contributed by atoms with van der Waals surface area (Å²) in [5.41, 5.74) is 1.88. The van der Waals surface area contributed by atoms with Crippen molar-refractivity contribution >= 4 is 18.4 Å². The number of aldehydes is 1. The van der Waals surface area contributed by atoms with E-state index >= 15 is 0 Å². The molecule has 0 bridgehead atoms. The van der Waals surface area contributed by atoms with Gasteiger partial charge >= 0.3 is 0 Å². The van der Waals surface area contributed by atoms with Crippen LogP contribution in [0.25, 0.3) is 12.2 Å². The van der Waals surface area contributed by atoms with Gasteiger partial charge in [0.1, 0.15) is 6.29 Å². The second-order valence-electron chi connectivity index (χ2n) is 2.48. The van der Waals surface area contributed by atoms with Crippen LogP contribution in [0.1, 0.15) is 11.1 Å². The van der Waals surface area contributed by atoms with Crippen molar-refractivity contribution in [3.8, 4) is 0 Å². The van der Waals surface area contributed by atoms with Crippen LogP contribution in [-0.4, -0.2) is 11.4 Å². The lowest BCUT2D eigenvalue weighted by Crippen LogP contribution is -1.74. The molecule has 0 fully saturated rings. The van der Waals surface area contributed by atoms with Gasteiger partial charge in [-0.15, -0.1) is 0 Å². The Morgan fingerprint density at radius 3 is 2.00 bits per heavy atom. The molecule has 66 valence electrons. The van der Waals surface area contributed by atoms with E-state index in [1.165, 1.54) is 6.08 Å². The Hall–Kier alpha value is -1.83. The van der Waals surface area contributed by atoms with Gasteiger partial charge in [-0.1, -0.05) is 30.3 Å². The van der Waals surface area contributed by atoms with Crippen molar-refractivity contribution < 1.29 is 9.90 Å². The van der Waals surface area contributed by atoms with Crippen LogP contribution in [0, 0.1) is 0 Å². The van der Waals surface area contributed by atoms with Gasteiger partial charge in [0.25, 0.3) is 0 Å². The number of rotatable bonds is 3. The SMILES string of the molecule is O=CC=Cc1ccc(C=CO)cc1. The fourth-order valence-corrected chi connectivity index (χ4v) is 0.955. The lowest BCUT2D eigenvalue weighted by Gasteiger charge is -1.93. The van der Waals surface area contributed by atoms with Crippen LogP contribution in [0.4, 0.5) is 0 Å². The van der Waals surface area contributed by atoms with E-state index in [1.54, 1.807) is 12.2 Å². The minimum absolute atomic E-state index is 0.738. The zero-order valence-electron chi connectivity index (χ0n) is 7.05. The molecule has 1 N–H and O–H groups in total. The second kappa shape index (κ2) is 4.93. The molecule has 13 heavy (non-hydrogen) atoms. The van der Waals surface area contributed by atoms with Crippen molar-refractivity contribution in [2.24, 2.45) is 0 Å². The summed E-state index contributed by atoms with van der Waals surface area (Å²) in [4.78, 5) is 10.0. The predicted octanol–water partition coefficient (Wildman–Crippen LogP) is 2.43. The molecule has 0 radical (unpaired) electrons. The predicted molar refractivity (Wildman–Crippen MR) is 53.2 cm³/mol. The fourth-order valence-electron chi connectivity index (χ4n) is 0.955. The Bertz CT molecular complexity index is 320. The first-order chi connectivity index (χ1) is 6.36. The van der Waals surface area contributed by atoms with Gasteiger partial charge in [-0.2, -0.15) is 0 Å². The van der Waals surface area contributed by atoms with Gasteiger partial charge in [-0.3, -0.25) is 4.79 Å². The molecule has 1 aromatic carbocycles. The lowest BCUT2D eigenvalue weighted by molar-refractivity contribution is -0.104. The summed E-state index contributed by atoms with van der Waals surface area (Å²) in [5.74, 6) is 0. The third-order valence-electron chi connectivity index (χ3n) is 1.57. The number of benzene rings is 1. The molecule has 0 aliphatic rings. The number of aliphatic hydroxyl groups is 1. The summed E-state index contributed by atoms with van der Waals surface area (Å²) in [5, 5.41) is 8.49. The smallest absolute Gasteiger partial charge is 0.142 e. The summed E-state index contributed by atoms with van der Waals surface area (Å²) >= 11 is 0. The molecule has 0 spiro atoms. The summed E-state index contributed by atoms with van der Waals surface area (Å²) in [7, 11) is 0. The summed E-state index contributed by atoms with van der Waals surface area (Å²) in [6.45, 7) is 0. The third-order valence-corrected chi connectivity index (χ3v) is 1.57. The van der Waals surface area contributed by atoms with Gasteiger partial charge < -0.3 is 5.11 Å². The minimum atomic E-state index is 0.738. The first kappa shape index (κ1) is 9.26. The Labute approximate surface area is 76.8 Å². The maximum atomic E-state index is 10.0. The molecule has 2 heteroatoms. The molecule has 0 amide bonds. The molecule has 0 heterocycles. The van der Waals surface area contributed by atoms with Crippen LogP contribution in [-0.2, 0) is 4.79 Å². The highest BCUT2D eigenvalue weighted by Crippen LogP contribution is 2.06. The average molecular weight is 174 g/mol. The van der Waals surface area contributed by atoms with E-state index in [0.717, 1.165) is 23.7 Å². The van der Waals surface area contributed by atoms with Crippen molar-refractivity contribution in [1.29, 1.82) is 0 Å². The normalized spacial score (nSPS) is 11.1. The standard InChI is InChI=1S/C11H10O2/c12-8-1-2-10-3-5-11(6-4-10)7-9-13/h1-9,13H. The van der Waals surface area contributed by atoms with Gasteiger partial charge in [-0.25, -0.2) is 0 Å². The highest BCUT2D eigenvalue weighted by molar-refractivity contribution is 5.74. The Morgan fingerprint density at radius 2 is 1.54 bits per heavy atom. The minimum Gasteiger partial charge on any atom is -0.516 e. The molecule has 2 nitrogen and oxygen atoms in total. The highest BCUT2D eigenvalue weighted by Gasteiger charge is 1.87. The van der Waals surface area contributed by atoms with Crippen molar-refractivity contribution in [3.05, 3.63) is 47.7 Å². The summed E-state index contributed by atoms with van der Waals surface area (Å²) < 4.78 is 0. The van der Waals surface area contributed by atoms with Crippen LogP contribution in [0.5, 0.6) is 0 Å². The molecular weight excluding hydrogens is 164 g/mol. The first-order valence-electron chi connectivity index (χ1n) is 3.89. The van der Waals surface area contributed by atoms with Gasteiger partial charge in [0.15, 0.2) is 0 Å². The zero-order valence-corrected chi connectivity index (χ0v) is 7.05. The Kier molecular flexibility index (Phi) is 3.51. The van der Waals surface area contributed by atoms with Crippen molar-refractivity contribution in [2.45, 2.75) is 0 Å². The molecule has 0 saturated heterocycles. The Balaban J connectivity index is 2.80. The molecule has 0 unspecified atom stereocenters. The van der Waals surface area contributed by atoms with E-state index in [4.69, 9.17) is 5.11 Å². The molecule has 0 aliphatic heterocycles. The quantitative estimate of drug-likeness (QED) is 0.434. The topological polar surface area (TPSA) is 37.3 Å². The van der Waals surface area contributed by atoms with Crippen LogP contribution in [0.2, 0.25) is 0 Å². The maximum Gasteiger partial charge on any atom is 0.142 e. The van der Waals surface area contributed by atoms with E-state index in [1.807, 2.05) is 24.3 Å². The van der Waals surface area contributed by atoms with E-state index in [9.17, 15) is 4.79 Å². The number of hydrogen-bond acceptors (Lipinski definition) is 2. The number of allylic oxidation sites excluding steroid dienone is 1. The van der Waals surface area contributed by atoms with Crippen molar-refractivity contribution in [3.63, 3.8) is 0 Å². The molecule has 0 aliphatic carbocycles. The molecule has 1 aromatic rings. The fraction of sp³-hybridized carbons (Fsp3) is 0. The van der Waals surface area contributed by atoms with Crippen LogP contribution < -0.4 is 0 Å². The van der Waals surface area contributed by atoms with Crippen LogP contribution in [0.15, 0.2) is 36.6 Å². The number of carbonyl (C=O) groups is 1. The molecule has 1 rings (SSSR count). The number of carbonyl (C=O) groups excluding carboxylic acids is 1. The Morgan fingerprint density at radius 1 is 1.00 bits per heavy atom. The first-order valence-corrected chi connectivity index (χ1v) is 3.89.